The van der Waals surface area contributed by atoms with Crippen LogP contribution in [-0.2, 0) is 4.74 Å². The number of nitrogens with zero attached hydrogens (tertiary/aromatic N) is 1. The lowest BCUT2D eigenvalue weighted by Gasteiger charge is -2.44. The third-order valence-electron chi connectivity index (χ3n) is 3.19. The Hall–Kier alpha value is -0.0800. The van der Waals surface area contributed by atoms with E-state index in [9.17, 15) is 0 Å². The summed E-state index contributed by atoms with van der Waals surface area (Å²) in [7, 11) is 2.24. The van der Waals surface area contributed by atoms with Crippen molar-refractivity contribution in [3.8, 4) is 0 Å². The van der Waals surface area contributed by atoms with Gasteiger partial charge in [-0.25, -0.2) is 0 Å². The Balaban J connectivity index is 2.01. The molecule has 70 valence electrons. The van der Waals surface area contributed by atoms with Crippen molar-refractivity contribution in [2.45, 2.75) is 50.9 Å². The van der Waals surface area contributed by atoms with E-state index in [0.717, 1.165) is 12.6 Å². The third kappa shape index (κ3) is 1.50. The molecule has 1 aliphatic carbocycles. The highest BCUT2D eigenvalue weighted by Crippen LogP contribution is 2.29. The number of ether oxygens (including phenoxy) is 1. The monoisotopic (exact) mass is 169 g/mol. The molecule has 2 heteroatoms. The molecular formula is C10H19NO. The highest BCUT2D eigenvalue weighted by Gasteiger charge is 2.34. The zero-order chi connectivity index (χ0) is 8.55. The average Bonchev–Trinajstić information content (AvgIpc) is 2.04. The van der Waals surface area contributed by atoms with Gasteiger partial charge in [-0.05, 0) is 26.8 Å². The number of hydrogen-bond donors (Lipinski definition) is 0. The van der Waals surface area contributed by atoms with E-state index in [4.69, 9.17) is 4.74 Å². The number of rotatable bonds is 0. The van der Waals surface area contributed by atoms with Crippen molar-refractivity contribution in [2.75, 3.05) is 13.6 Å². The summed E-state index contributed by atoms with van der Waals surface area (Å²) in [6.07, 6.45) is 6.35. The lowest BCUT2D eigenvalue weighted by Crippen LogP contribution is -2.53. The molecule has 3 atom stereocenters. The number of morpholine rings is 1. The molecule has 2 aliphatic rings. The maximum absolute atomic E-state index is 5.92. The van der Waals surface area contributed by atoms with Gasteiger partial charge in [-0.1, -0.05) is 12.8 Å². The van der Waals surface area contributed by atoms with Crippen LogP contribution in [0.5, 0.6) is 0 Å². The summed E-state index contributed by atoms with van der Waals surface area (Å²) >= 11 is 0. The molecule has 0 amide bonds. The fourth-order valence-corrected chi connectivity index (χ4v) is 2.62. The molecule has 12 heavy (non-hydrogen) atoms. The molecule has 0 radical (unpaired) electrons. The van der Waals surface area contributed by atoms with Gasteiger partial charge >= 0.3 is 0 Å². The van der Waals surface area contributed by atoms with Crippen LogP contribution in [0.15, 0.2) is 0 Å². The first kappa shape index (κ1) is 8.52. The lowest BCUT2D eigenvalue weighted by molar-refractivity contribution is -0.119. The molecule has 0 bridgehead atoms. The summed E-state index contributed by atoms with van der Waals surface area (Å²) in [6, 6.07) is 0.718. The Morgan fingerprint density at radius 3 is 2.83 bits per heavy atom. The molecule has 0 aromatic carbocycles. The summed E-state index contributed by atoms with van der Waals surface area (Å²) in [5, 5.41) is 0. The molecule has 0 aromatic rings. The number of likely N-dealkylation sites (N-methyl/N-ethyl adjacent to an activating group) is 1. The SMILES string of the molecule is CC1CN(C)C2CCCCC2O1. The molecule has 2 fully saturated rings. The van der Waals surface area contributed by atoms with Gasteiger partial charge in [0, 0.05) is 12.6 Å². The van der Waals surface area contributed by atoms with E-state index >= 15 is 0 Å². The smallest absolute Gasteiger partial charge is 0.0734 e. The van der Waals surface area contributed by atoms with Crippen LogP contribution >= 0.6 is 0 Å². The van der Waals surface area contributed by atoms with Crippen molar-refractivity contribution in [1.29, 1.82) is 0 Å². The van der Waals surface area contributed by atoms with E-state index in [1.54, 1.807) is 0 Å². The van der Waals surface area contributed by atoms with E-state index < -0.39 is 0 Å². The standard InChI is InChI=1S/C10H19NO/c1-8-7-11(2)9-5-3-4-6-10(9)12-8/h8-10H,3-7H2,1-2H3. The fourth-order valence-electron chi connectivity index (χ4n) is 2.62. The first-order valence-corrected chi connectivity index (χ1v) is 5.13. The van der Waals surface area contributed by atoms with E-state index in [1.165, 1.54) is 25.7 Å². The van der Waals surface area contributed by atoms with Crippen molar-refractivity contribution in [3.63, 3.8) is 0 Å². The summed E-state index contributed by atoms with van der Waals surface area (Å²) in [6.45, 7) is 3.29. The number of hydrogen-bond acceptors (Lipinski definition) is 2. The summed E-state index contributed by atoms with van der Waals surface area (Å²) < 4.78 is 5.92. The zero-order valence-corrected chi connectivity index (χ0v) is 8.12. The summed E-state index contributed by atoms with van der Waals surface area (Å²) in [5.74, 6) is 0. The van der Waals surface area contributed by atoms with E-state index in [1.807, 2.05) is 0 Å². The first-order valence-electron chi connectivity index (χ1n) is 5.13. The quantitative estimate of drug-likeness (QED) is 0.546. The molecule has 3 unspecified atom stereocenters. The predicted octanol–water partition coefficient (Wildman–Crippen LogP) is 1.65. The van der Waals surface area contributed by atoms with Gasteiger partial charge in [0.1, 0.15) is 0 Å². The molecule has 2 nitrogen and oxygen atoms in total. The van der Waals surface area contributed by atoms with Crippen LogP contribution in [0.2, 0.25) is 0 Å². The summed E-state index contributed by atoms with van der Waals surface area (Å²) in [5.41, 5.74) is 0. The minimum absolute atomic E-state index is 0.439. The van der Waals surface area contributed by atoms with Crippen LogP contribution in [0.3, 0.4) is 0 Å². The number of fused-ring (bicyclic) bond motifs is 1. The maximum atomic E-state index is 5.92. The van der Waals surface area contributed by atoms with Gasteiger partial charge in [0.05, 0.1) is 12.2 Å². The van der Waals surface area contributed by atoms with Gasteiger partial charge in [0.25, 0.3) is 0 Å². The molecule has 1 saturated heterocycles. The lowest BCUT2D eigenvalue weighted by atomic mass is 9.90. The second kappa shape index (κ2) is 3.35. The average molecular weight is 169 g/mol. The minimum atomic E-state index is 0.439. The Bertz CT molecular complexity index is 160. The largest absolute Gasteiger partial charge is 0.372 e. The molecular weight excluding hydrogens is 150 g/mol. The summed E-state index contributed by atoms with van der Waals surface area (Å²) in [4.78, 5) is 2.48. The van der Waals surface area contributed by atoms with Crippen molar-refractivity contribution in [1.82, 2.24) is 4.90 Å². The van der Waals surface area contributed by atoms with E-state index in [2.05, 4.69) is 18.9 Å². The second-order valence-electron chi connectivity index (χ2n) is 4.28. The fraction of sp³-hybridized carbons (Fsp3) is 1.00. The van der Waals surface area contributed by atoms with Crippen LogP contribution in [0.1, 0.15) is 32.6 Å². The maximum Gasteiger partial charge on any atom is 0.0734 e. The van der Waals surface area contributed by atoms with Crippen LogP contribution in [0.4, 0.5) is 0 Å². The van der Waals surface area contributed by atoms with Crippen molar-refractivity contribution in [2.24, 2.45) is 0 Å². The molecule has 1 heterocycles. The Morgan fingerprint density at radius 2 is 2.00 bits per heavy atom. The van der Waals surface area contributed by atoms with Crippen molar-refractivity contribution >= 4 is 0 Å². The first-order chi connectivity index (χ1) is 5.77. The van der Waals surface area contributed by atoms with Crippen LogP contribution in [0, 0.1) is 0 Å². The zero-order valence-electron chi connectivity index (χ0n) is 8.12. The van der Waals surface area contributed by atoms with Crippen LogP contribution < -0.4 is 0 Å². The van der Waals surface area contributed by atoms with Crippen LogP contribution in [0.25, 0.3) is 0 Å². The van der Waals surface area contributed by atoms with Gasteiger partial charge in [0.15, 0.2) is 0 Å². The third-order valence-corrected chi connectivity index (χ3v) is 3.19. The van der Waals surface area contributed by atoms with Gasteiger partial charge in [-0.3, -0.25) is 4.90 Å². The molecule has 2 rings (SSSR count). The second-order valence-corrected chi connectivity index (χ2v) is 4.28. The van der Waals surface area contributed by atoms with E-state index in [-0.39, 0.29) is 0 Å². The highest BCUT2D eigenvalue weighted by molar-refractivity contribution is 4.87. The van der Waals surface area contributed by atoms with Gasteiger partial charge in [-0.2, -0.15) is 0 Å². The Kier molecular flexibility index (Phi) is 2.37. The topological polar surface area (TPSA) is 12.5 Å². The Morgan fingerprint density at radius 1 is 1.25 bits per heavy atom. The van der Waals surface area contributed by atoms with Crippen LogP contribution in [-0.4, -0.2) is 36.7 Å². The van der Waals surface area contributed by atoms with Gasteiger partial charge < -0.3 is 4.74 Å². The van der Waals surface area contributed by atoms with Crippen molar-refractivity contribution < 1.29 is 4.74 Å². The molecule has 1 aliphatic heterocycles. The van der Waals surface area contributed by atoms with Gasteiger partial charge in [0.2, 0.25) is 0 Å². The predicted molar refractivity (Wildman–Crippen MR) is 49.2 cm³/mol. The molecule has 0 N–H and O–H groups in total. The molecule has 0 spiro atoms. The highest BCUT2D eigenvalue weighted by atomic mass is 16.5. The van der Waals surface area contributed by atoms with E-state index in [0.29, 0.717) is 12.2 Å². The molecule has 0 aromatic heterocycles. The normalized spacial score (nSPS) is 44.0. The van der Waals surface area contributed by atoms with Gasteiger partial charge in [-0.15, -0.1) is 0 Å². The Labute approximate surface area is 74.9 Å². The van der Waals surface area contributed by atoms with Crippen molar-refractivity contribution in [3.05, 3.63) is 0 Å². The molecule has 1 saturated carbocycles. The minimum Gasteiger partial charge on any atom is -0.372 e.